The lowest BCUT2D eigenvalue weighted by molar-refractivity contribution is 0.0206. The molecule has 200 valence electrons. The van der Waals surface area contributed by atoms with Gasteiger partial charge in [0.2, 0.25) is 11.0 Å². The molecule has 1 unspecified atom stereocenters. The summed E-state index contributed by atoms with van der Waals surface area (Å²) in [6.07, 6.45) is 3.63. The van der Waals surface area contributed by atoms with Gasteiger partial charge >= 0.3 is 6.09 Å². The topological polar surface area (TPSA) is 105 Å². The van der Waals surface area contributed by atoms with Crippen molar-refractivity contribution < 1.29 is 14.3 Å². The normalized spacial score (nSPS) is 16.2. The molecule has 1 fully saturated rings. The fourth-order valence-electron chi connectivity index (χ4n) is 4.50. The maximum atomic E-state index is 12.5. The van der Waals surface area contributed by atoms with Gasteiger partial charge in [-0.05, 0) is 71.7 Å². The molecule has 3 aromatic heterocycles. The summed E-state index contributed by atoms with van der Waals surface area (Å²) in [5, 5.41) is 14.9. The predicted molar refractivity (Wildman–Crippen MR) is 151 cm³/mol. The Balaban J connectivity index is 1.32. The van der Waals surface area contributed by atoms with Crippen LogP contribution in [0.15, 0.2) is 42.6 Å². The number of amides is 1. The number of fused-ring (bicyclic) bond motifs is 1. The maximum absolute atomic E-state index is 12.5. The molecular weight excluding hydrogens is 500 g/mol. The number of carbonyl (C=O) groups excluding carboxylic acids is 1. The lowest BCUT2D eigenvalue weighted by Gasteiger charge is -2.34. The second kappa shape index (κ2) is 10.6. The lowest BCUT2D eigenvalue weighted by Crippen LogP contribution is -2.46. The van der Waals surface area contributed by atoms with Gasteiger partial charge in [-0.3, -0.25) is 0 Å². The van der Waals surface area contributed by atoms with Crippen molar-refractivity contribution in [1.82, 2.24) is 25.1 Å². The van der Waals surface area contributed by atoms with E-state index in [-0.39, 0.29) is 18.2 Å². The van der Waals surface area contributed by atoms with Crippen molar-refractivity contribution >= 4 is 33.5 Å². The standard InChI is InChI=1S/C28H34N6O3S/c1-17(2)36-24-10-6-9-23(31-24)21-15-29-22-12-11-18(14-20(21)22)25-32-33-26(38-25)30-19-8-7-13-34(16-19)27(35)37-28(3,4)5/h6,9-12,14-15,17,19,29H,7-8,13,16H2,1-5H3,(H,30,33). The summed E-state index contributed by atoms with van der Waals surface area (Å²) in [5.74, 6) is 0.607. The van der Waals surface area contributed by atoms with Crippen LogP contribution >= 0.6 is 11.3 Å². The molecular formula is C28H34N6O3S. The Morgan fingerprint density at radius 2 is 2.05 bits per heavy atom. The van der Waals surface area contributed by atoms with Crippen LogP contribution in [0.5, 0.6) is 5.88 Å². The number of aromatic amines is 1. The fourth-order valence-corrected chi connectivity index (χ4v) is 5.31. The Morgan fingerprint density at radius 1 is 1.21 bits per heavy atom. The molecule has 1 aliphatic heterocycles. The molecule has 38 heavy (non-hydrogen) atoms. The van der Waals surface area contributed by atoms with E-state index in [1.165, 1.54) is 11.3 Å². The van der Waals surface area contributed by atoms with Crippen LogP contribution in [0.25, 0.3) is 32.7 Å². The summed E-state index contributed by atoms with van der Waals surface area (Å²) >= 11 is 1.51. The highest BCUT2D eigenvalue weighted by Gasteiger charge is 2.28. The van der Waals surface area contributed by atoms with Gasteiger partial charge in [-0.1, -0.05) is 17.4 Å². The number of nitrogens with one attached hydrogen (secondary N) is 2. The number of carbonyl (C=O) groups is 1. The van der Waals surface area contributed by atoms with E-state index < -0.39 is 5.60 Å². The van der Waals surface area contributed by atoms with Gasteiger partial charge in [0, 0.05) is 53.4 Å². The van der Waals surface area contributed by atoms with Gasteiger partial charge in [0.15, 0.2) is 0 Å². The van der Waals surface area contributed by atoms with Crippen LogP contribution in [0.1, 0.15) is 47.5 Å². The molecule has 1 saturated heterocycles. The highest BCUT2D eigenvalue weighted by Crippen LogP contribution is 2.34. The first-order valence-electron chi connectivity index (χ1n) is 13.0. The number of hydrogen-bond acceptors (Lipinski definition) is 8. The van der Waals surface area contributed by atoms with E-state index in [4.69, 9.17) is 14.5 Å². The zero-order valence-corrected chi connectivity index (χ0v) is 23.3. The third-order valence-corrected chi connectivity index (χ3v) is 7.01. The van der Waals surface area contributed by atoms with E-state index >= 15 is 0 Å². The molecule has 9 nitrogen and oxygen atoms in total. The van der Waals surface area contributed by atoms with E-state index in [1.807, 2.05) is 65.1 Å². The fraction of sp³-hybridized carbons (Fsp3) is 0.429. The largest absolute Gasteiger partial charge is 0.475 e. The summed E-state index contributed by atoms with van der Waals surface area (Å²) in [4.78, 5) is 22.3. The smallest absolute Gasteiger partial charge is 0.410 e. The first-order valence-corrected chi connectivity index (χ1v) is 13.8. The summed E-state index contributed by atoms with van der Waals surface area (Å²) in [5.41, 5.74) is 3.35. The molecule has 5 rings (SSSR count). The molecule has 10 heteroatoms. The van der Waals surface area contributed by atoms with Crippen molar-refractivity contribution in [3.8, 4) is 27.7 Å². The SMILES string of the molecule is CC(C)Oc1cccc(-c2c[nH]c3ccc(-c4nnc(NC5CCCN(C(=O)OC(C)(C)C)C5)s4)cc23)n1. The van der Waals surface area contributed by atoms with E-state index in [0.29, 0.717) is 19.0 Å². The highest BCUT2D eigenvalue weighted by molar-refractivity contribution is 7.18. The van der Waals surface area contributed by atoms with Crippen LogP contribution in [-0.4, -0.2) is 62.0 Å². The maximum Gasteiger partial charge on any atom is 0.410 e. The third kappa shape index (κ3) is 6.07. The van der Waals surface area contributed by atoms with Gasteiger partial charge in [-0.15, -0.1) is 10.2 Å². The van der Waals surface area contributed by atoms with Crippen LogP contribution < -0.4 is 10.1 Å². The van der Waals surface area contributed by atoms with Crippen LogP contribution in [0.2, 0.25) is 0 Å². The third-order valence-electron chi connectivity index (χ3n) is 6.11. The molecule has 0 aliphatic carbocycles. The van der Waals surface area contributed by atoms with Gasteiger partial charge in [0.25, 0.3) is 0 Å². The molecule has 0 saturated carbocycles. The van der Waals surface area contributed by atoms with E-state index in [1.54, 1.807) is 4.90 Å². The number of pyridine rings is 1. The number of H-pyrrole nitrogens is 1. The summed E-state index contributed by atoms with van der Waals surface area (Å²) in [6.45, 7) is 10.9. The number of ether oxygens (including phenoxy) is 2. The van der Waals surface area contributed by atoms with Crippen molar-refractivity contribution in [3.63, 3.8) is 0 Å². The Bertz CT molecular complexity index is 1420. The molecule has 0 radical (unpaired) electrons. The minimum absolute atomic E-state index is 0.0570. The van der Waals surface area contributed by atoms with Gasteiger partial charge in [0.1, 0.15) is 10.6 Å². The van der Waals surface area contributed by atoms with Crippen molar-refractivity contribution in [2.24, 2.45) is 0 Å². The molecule has 1 atom stereocenters. The molecule has 1 aromatic carbocycles. The van der Waals surface area contributed by atoms with Gasteiger partial charge in [-0.25, -0.2) is 9.78 Å². The number of benzene rings is 1. The average molecular weight is 535 g/mol. The number of anilines is 1. The molecule has 0 bridgehead atoms. The number of hydrogen-bond donors (Lipinski definition) is 2. The second-order valence-electron chi connectivity index (χ2n) is 10.8. The first-order chi connectivity index (χ1) is 18.1. The van der Waals surface area contributed by atoms with Crippen molar-refractivity contribution in [3.05, 3.63) is 42.6 Å². The quantitative estimate of drug-likeness (QED) is 0.297. The zero-order chi connectivity index (χ0) is 26.9. The monoisotopic (exact) mass is 534 g/mol. The summed E-state index contributed by atoms with van der Waals surface area (Å²) in [6, 6.07) is 12.1. The van der Waals surface area contributed by atoms with E-state index in [0.717, 1.165) is 50.7 Å². The van der Waals surface area contributed by atoms with Gasteiger partial charge < -0.3 is 24.7 Å². The minimum Gasteiger partial charge on any atom is -0.475 e. The molecule has 4 heterocycles. The Morgan fingerprint density at radius 3 is 2.84 bits per heavy atom. The number of piperidine rings is 1. The zero-order valence-electron chi connectivity index (χ0n) is 22.4. The Labute approximate surface area is 226 Å². The van der Waals surface area contributed by atoms with Crippen LogP contribution in [0.4, 0.5) is 9.93 Å². The van der Waals surface area contributed by atoms with Gasteiger partial charge in [0.05, 0.1) is 11.8 Å². The number of rotatable bonds is 6. The van der Waals surface area contributed by atoms with E-state index in [2.05, 4.69) is 32.6 Å². The number of aromatic nitrogens is 4. The molecule has 2 N–H and O–H groups in total. The van der Waals surface area contributed by atoms with Crippen LogP contribution in [-0.2, 0) is 4.74 Å². The van der Waals surface area contributed by atoms with Crippen molar-refractivity contribution in [2.45, 2.75) is 65.2 Å². The van der Waals surface area contributed by atoms with Crippen LogP contribution in [0.3, 0.4) is 0 Å². The Hall–Kier alpha value is -3.66. The molecule has 4 aromatic rings. The first kappa shape index (κ1) is 26.0. The molecule has 1 aliphatic rings. The second-order valence-corrected chi connectivity index (χ2v) is 11.8. The van der Waals surface area contributed by atoms with Gasteiger partial charge in [-0.2, -0.15) is 0 Å². The summed E-state index contributed by atoms with van der Waals surface area (Å²) in [7, 11) is 0. The molecule has 0 spiro atoms. The summed E-state index contributed by atoms with van der Waals surface area (Å²) < 4.78 is 11.3. The number of likely N-dealkylation sites (tertiary alicyclic amines) is 1. The van der Waals surface area contributed by atoms with E-state index in [9.17, 15) is 4.79 Å². The predicted octanol–water partition coefficient (Wildman–Crippen LogP) is 6.35. The van der Waals surface area contributed by atoms with Crippen molar-refractivity contribution in [1.29, 1.82) is 0 Å². The average Bonchev–Trinajstić information content (AvgIpc) is 3.50. The Kier molecular flexibility index (Phi) is 7.25. The van der Waals surface area contributed by atoms with Crippen LogP contribution in [0, 0.1) is 0 Å². The number of nitrogens with zero attached hydrogens (tertiary/aromatic N) is 4. The lowest BCUT2D eigenvalue weighted by atomic mass is 10.1. The minimum atomic E-state index is -0.507. The van der Waals surface area contributed by atoms with Crippen molar-refractivity contribution in [2.75, 3.05) is 18.4 Å². The molecule has 1 amide bonds. The highest BCUT2D eigenvalue weighted by atomic mass is 32.1.